The van der Waals surface area contributed by atoms with Gasteiger partial charge in [-0.2, -0.15) is 0 Å². The number of aryl methyl sites for hydroxylation is 1. The molecule has 4 rings (SSSR count). The molecule has 156 valence electrons. The van der Waals surface area contributed by atoms with Gasteiger partial charge in [0, 0.05) is 16.1 Å². The highest BCUT2D eigenvalue weighted by Crippen LogP contribution is 2.33. The fourth-order valence-electron chi connectivity index (χ4n) is 3.04. The number of nitrogens with one attached hydrogen (secondary N) is 2. The normalized spacial score (nSPS) is 10.7. The van der Waals surface area contributed by atoms with Gasteiger partial charge in [0.05, 0.1) is 20.5 Å². The summed E-state index contributed by atoms with van der Waals surface area (Å²) in [4.78, 5) is 27.0. The van der Waals surface area contributed by atoms with Crippen LogP contribution in [0.5, 0.6) is 0 Å². The molecule has 8 heteroatoms. The van der Waals surface area contributed by atoms with Crippen LogP contribution < -0.4 is 10.6 Å². The van der Waals surface area contributed by atoms with Crippen molar-refractivity contribution in [1.29, 1.82) is 0 Å². The largest absolute Gasteiger partial charge is 0.321 e. The SMILES string of the molecule is Cc1cc(NC(=O)c2ccc(F)cc2Cl)sc1C(=O)Nc1ccccc1-c1cccs1. The molecule has 0 aliphatic heterocycles. The molecule has 4 aromatic rings. The number of anilines is 2. The van der Waals surface area contributed by atoms with Gasteiger partial charge in [0.25, 0.3) is 11.8 Å². The van der Waals surface area contributed by atoms with Crippen molar-refractivity contribution in [3.8, 4) is 10.4 Å². The highest BCUT2D eigenvalue weighted by molar-refractivity contribution is 7.18. The Balaban J connectivity index is 1.53. The number of carbonyl (C=O) groups is 2. The van der Waals surface area contributed by atoms with E-state index in [1.54, 1.807) is 24.3 Å². The lowest BCUT2D eigenvalue weighted by molar-refractivity contribution is 0.102. The summed E-state index contributed by atoms with van der Waals surface area (Å²) >= 11 is 8.72. The van der Waals surface area contributed by atoms with Gasteiger partial charge >= 0.3 is 0 Å². The first-order chi connectivity index (χ1) is 14.9. The van der Waals surface area contributed by atoms with Crippen LogP contribution in [0.4, 0.5) is 15.1 Å². The number of carbonyl (C=O) groups excluding carboxylic acids is 2. The zero-order chi connectivity index (χ0) is 22.0. The van der Waals surface area contributed by atoms with E-state index in [2.05, 4.69) is 10.6 Å². The Morgan fingerprint density at radius 3 is 2.52 bits per heavy atom. The molecule has 0 saturated carbocycles. The molecule has 2 aromatic heterocycles. The van der Waals surface area contributed by atoms with Gasteiger partial charge in [0.2, 0.25) is 0 Å². The number of hydrogen-bond donors (Lipinski definition) is 2. The minimum absolute atomic E-state index is 0.0222. The van der Waals surface area contributed by atoms with Crippen LogP contribution in [-0.2, 0) is 0 Å². The highest BCUT2D eigenvalue weighted by atomic mass is 35.5. The minimum atomic E-state index is -0.518. The summed E-state index contributed by atoms with van der Waals surface area (Å²) in [6, 6.07) is 16.9. The Morgan fingerprint density at radius 2 is 1.77 bits per heavy atom. The molecule has 2 heterocycles. The quantitative estimate of drug-likeness (QED) is 0.327. The molecule has 0 unspecified atom stereocenters. The van der Waals surface area contributed by atoms with Gasteiger partial charge in [-0.15, -0.1) is 22.7 Å². The number of hydrogen-bond acceptors (Lipinski definition) is 4. The van der Waals surface area contributed by atoms with E-state index in [0.29, 0.717) is 15.6 Å². The number of halogens is 2. The summed E-state index contributed by atoms with van der Waals surface area (Å²) in [6.07, 6.45) is 0. The predicted molar refractivity (Wildman–Crippen MR) is 126 cm³/mol. The van der Waals surface area contributed by atoms with Gasteiger partial charge in [-0.3, -0.25) is 9.59 Å². The lowest BCUT2D eigenvalue weighted by atomic mass is 10.1. The second kappa shape index (κ2) is 9.01. The van der Waals surface area contributed by atoms with Crippen molar-refractivity contribution in [2.45, 2.75) is 6.92 Å². The zero-order valence-corrected chi connectivity index (χ0v) is 18.6. The van der Waals surface area contributed by atoms with Crippen molar-refractivity contribution in [3.05, 3.63) is 92.9 Å². The third-order valence-corrected chi connectivity index (χ3v) is 6.87. The fourth-order valence-corrected chi connectivity index (χ4v) is 5.02. The number of thiophene rings is 2. The van der Waals surface area contributed by atoms with Gasteiger partial charge < -0.3 is 10.6 Å². The van der Waals surface area contributed by atoms with E-state index in [1.807, 2.05) is 41.8 Å². The molecule has 0 aliphatic rings. The van der Waals surface area contributed by atoms with Crippen LogP contribution in [0.2, 0.25) is 5.02 Å². The maximum Gasteiger partial charge on any atom is 0.266 e. The first-order valence-corrected chi connectivity index (χ1v) is 11.3. The Morgan fingerprint density at radius 1 is 0.968 bits per heavy atom. The van der Waals surface area contributed by atoms with Crippen LogP contribution in [-0.4, -0.2) is 11.8 Å². The number of rotatable bonds is 5. The molecule has 4 nitrogen and oxygen atoms in total. The number of amides is 2. The van der Waals surface area contributed by atoms with Gasteiger partial charge in [0.1, 0.15) is 5.82 Å². The molecule has 0 bridgehead atoms. The van der Waals surface area contributed by atoms with E-state index in [4.69, 9.17) is 11.6 Å². The van der Waals surface area contributed by atoms with E-state index in [9.17, 15) is 14.0 Å². The van der Waals surface area contributed by atoms with Crippen LogP contribution in [0.15, 0.2) is 66.0 Å². The average molecular weight is 471 g/mol. The molecule has 0 radical (unpaired) electrons. The predicted octanol–water partition coefficient (Wildman–Crippen LogP) is 7.08. The third kappa shape index (κ3) is 4.69. The Labute approximate surface area is 191 Å². The van der Waals surface area contributed by atoms with Crippen LogP contribution in [0.3, 0.4) is 0 Å². The Kier molecular flexibility index (Phi) is 6.18. The third-order valence-electron chi connectivity index (χ3n) is 4.50. The van der Waals surface area contributed by atoms with E-state index in [0.717, 1.165) is 33.4 Å². The van der Waals surface area contributed by atoms with Gasteiger partial charge in [-0.25, -0.2) is 4.39 Å². The summed E-state index contributed by atoms with van der Waals surface area (Å²) in [7, 11) is 0. The first kappa shape index (κ1) is 21.2. The van der Waals surface area contributed by atoms with E-state index >= 15 is 0 Å². The van der Waals surface area contributed by atoms with Crippen LogP contribution >= 0.6 is 34.3 Å². The lowest BCUT2D eigenvalue weighted by Gasteiger charge is -2.09. The number of benzene rings is 2. The highest BCUT2D eigenvalue weighted by Gasteiger charge is 2.18. The van der Waals surface area contributed by atoms with Crippen molar-refractivity contribution in [1.82, 2.24) is 0 Å². The smallest absolute Gasteiger partial charge is 0.266 e. The maximum atomic E-state index is 13.2. The molecule has 0 fully saturated rings. The van der Waals surface area contributed by atoms with Crippen molar-refractivity contribution >= 4 is 56.8 Å². The summed E-state index contributed by atoms with van der Waals surface area (Å²) in [6.45, 7) is 1.80. The zero-order valence-electron chi connectivity index (χ0n) is 16.2. The average Bonchev–Trinajstić information content (AvgIpc) is 3.38. The second-order valence-corrected chi connectivity index (χ2v) is 9.09. The molecule has 2 amide bonds. The molecule has 31 heavy (non-hydrogen) atoms. The summed E-state index contributed by atoms with van der Waals surface area (Å²) < 4.78 is 13.2. The minimum Gasteiger partial charge on any atom is -0.321 e. The van der Waals surface area contributed by atoms with Crippen molar-refractivity contribution in [3.63, 3.8) is 0 Å². The second-order valence-electron chi connectivity index (χ2n) is 6.68. The standard InChI is InChI=1S/C23H16ClFN2O2S2/c1-13-11-20(27-22(28)15-9-8-14(25)12-17(15)24)31-21(13)23(29)26-18-6-3-2-5-16(18)19-7-4-10-30-19/h2-12H,1H3,(H,26,29)(H,27,28). The van der Waals surface area contributed by atoms with Gasteiger partial charge in [-0.1, -0.05) is 35.9 Å². The maximum absolute atomic E-state index is 13.2. The van der Waals surface area contributed by atoms with E-state index in [-0.39, 0.29) is 16.5 Å². The monoisotopic (exact) mass is 470 g/mol. The van der Waals surface area contributed by atoms with Crippen molar-refractivity contribution < 1.29 is 14.0 Å². The lowest BCUT2D eigenvalue weighted by Crippen LogP contribution is -2.12. The fraction of sp³-hybridized carbons (Fsp3) is 0.0435. The number of para-hydroxylation sites is 1. The van der Waals surface area contributed by atoms with E-state index < -0.39 is 11.7 Å². The van der Waals surface area contributed by atoms with Crippen LogP contribution in [0, 0.1) is 12.7 Å². The van der Waals surface area contributed by atoms with Gasteiger partial charge in [-0.05, 0) is 54.3 Å². The Hall–Kier alpha value is -3.00. The van der Waals surface area contributed by atoms with Crippen molar-refractivity contribution in [2.75, 3.05) is 10.6 Å². The van der Waals surface area contributed by atoms with Crippen molar-refractivity contribution in [2.24, 2.45) is 0 Å². The molecule has 0 spiro atoms. The molecule has 2 N–H and O–H groups in total. The summed E-state index contributed by atoms with van der Waals surface area (Å²) in [5.74, 6) is -1.25. The van der Waals surface area contributed by atoms with Crippen LogP contribution in [0.1, 0.15) is 25.6 Å². The summed E-state index contributed by atoms with van der Waals surface area (Å²) in [5.41, 5.74) is 2.55. The molecular formula is C23H16ClFN2O2S2. The van der Waals surface area contributed by atoms with E-state index in [1.165, 1.54) is 12.1 Å². The summed E-state index contributed by atoms with van der Waals surface area (Å²) in [5, 5.41) is 8.21. The van der Waals surface area contributed by atoms with Gasteiger partial charge in [0.15, 0.2) is 0 Å². The molecule has 0 aliphatic carbocycles. The van der Waals surface area contributed by atoms with Crippen LogP contribution in [0.25, 0.3) is 10.4 Å². The molecule has 0 saturated heterocycles. The molecular weight excluding hydrogens is 455 g/mol. The topological polar surface area (TPSA) is 58.2 Å². The molecule has 2 aromatic carbocycles. The molecule has 0 atom stereocenters. The first-order valence-electron chi connectivity index (χ1n) is 9.23. The Bertz CT molecular complexity index is 1270.